The highest BCUT2D eigenvalue weighted by Gasteiger charge is 2.24. The van der Waals surface area contributed by atoms with E-state index in [0.29, 0.717) is 25.7 Å². The Bertz CT molecular complexity index is 235. The number of carbonyl (C=O) groups excluding carboxylic acids is 1. The third-order valence-corrected chi connectivity index (χ3v) is 2.60. The molecule has 0 amide bonds. The first kappa shape index (κ1) is 10.9. The van der Waals surface area contributed by atoms with Crippen LogP contribution >= 0.6 is 0 Å². The number of methoxy groups -OCH3 is 2. The summed E-state index contributed by atoms with van der Waals surface area (Å²) < 4.78 is 9.27. The molecular weight excluding hydrogens is 184 g/mol. The lowest BCUT2D eigenvalue weighted by atomic mass is 9.86. The molecule has 1 aliphatic carbocycles. The fourth-order valence-corrected chi connectivity index (χ4v) is 1.72. The van der Waals surface area contributed by atoms with E-state index in [1.807, 2.05) is 0 Å². The molecule has 0 bridgehead atoms. The average Bonchev–Trinajstić information content (AvgIpc) is 2.27. The summed E-state index contributed by atoms with van der Waals surface area (Å²) in [6, 6.07) is 0. The van der Waals surface area contributed by atoms with Crippen LogP contribution in [0.2, 0.25) is 0 Å². The van der Waals surface area contributed by atoms with Gasteiger partial charge in [0, 0.05) is 0 Å². The van der Waals surface area contributed by atoms with Crippen molar-refractivity contribution in [2.75, 3.05) is 14.2 Å². The second kappa shape index (κ2) is 4.88. The monoisotopic (exact) mass is 199 g/mol. The van der Waals surface area contributed by atoms with E-state index in [0.717, 1.165) is 5.57 Å². The van der Waals surface area contributed by atoms with E-state index in [9.17, 15) is 9.90 Å². The molecule has 1 rings (SSSR count). The van der Waals surface area contributed by atoms with Crippen LogP contribution in [0.3, 0.4) is 0 Å². The Kier molecular flexibility index (Phi) is 3.80. The minimum Gasteiger partial charge on any atom is -0.617 e. The summed E-state index contributed by atoms with van der Waals surface area (Å²) in [5, 5.41) is 11.1. The van der Waals surface area contributed by atoms with E-state index in [-0.39, 0.29) is 17.8 Å². The van der Waals surface area contributed by atoms with Gasteiger partial charge in [0.2, 0.25) is 0 Å². The van der Waals surface area contributed by atoms with Crippen LogP contribution in [0.4, 0.5) is 0 Å². The average molecular weight is 199 g/mol. The summed E-state index contributed by atoms with van der Waals surface area (Å²) >= 11 is 0. The number of allylic oxidation sites excluding steroid dienone is 1. The number of esters is 1. The fraction of sp³-hybridized carbons (Fsp3) is 0.700. The van der Waals surface area contributed by atoms with E-state index in [1.165, 1.54) is 14.2 Å². The van der Waals surface area contributed by atoms with Gasteiger partial charge in [0.1, 0.15) is 0 Å². The zero-order valence-corrected chi connectivity index (χ0v) is 8.54. The van der Waals surface area contributed by atoms with Crippen molar-refractivity contribution in [3.8, 4) is 0 Å². The van der Waals surface area contributed by atoms with Gasteiger partial charge in [-0.2, -0.15) is 0 Å². The molecule has 4 nitrogen and oxygen atoms in total. The van der Waals surface area contributed by atoms with Crippen LogP contribution in [0.25, 0.3) is 0 Å². The van der Waals surface area contributed by atoms with Gasteiger partial charge in [0.25, 0.3) is 0 Å². The zero-order valence-electron chi connectivity index (χ0n) is 8.54. The van der Waals surface area contributed by atoms with Gasteiger partial charge in [-0.1, -0.05) is 0 Å². The molecule has 0 heterocycles. The Hall–Kier alpha value is -1.19. The Labute approximate surface area is 83.5 Å². The van der Waals surface area contributed by atoms with Crippen LogP contribution in [-0.4, -0.2) is 20.2 Å². The van der Waals surface area contributed by atoms with Crippen molar-refractivity contribution in [2.24, 2.45) is 5.92 Å². The SMILES string of the molecule is COC(=O)C1CCC(=C([O-])OC)CC1. The van der Waals surface area contributed by atoms with Crippen LogP contribution in [0.15, 0.2) is 11.5 Å². The van der Waals surface area contributed by atoms with Crippen molar-refractivity contribution in [1.29, 1.82) is 0 Å². The van der Waals surface area contributed by atoms with Gasteiger partial charge in [-0.25, -0.2) is 0 Å². The van der Waals surface area contributed by atoms with E-state index in [1.54, 1.807) is 0 Å². The Morgan fingerprint density at radius 2 is 1.86 bits per heavy atom. The van der Waals surface area contributed by atoms with E-state index in [2.05, 4.69) is 9.47 Å². The van der Waals surface area contributed by atoms with Crippen LogP contribution in [0.1, 0.15) is 25.7 Å². The topological polar surface area (TPSA) is 58.6 Å². The smallest absolute Gasteiger partial charge is 0.308 e. The highest BCUT2D eigenvalue weighted by molar-refractivity contribution is 5.72. The second-order valence-electron chi connectivity index (χ2n) is 3.39. The van der Waals surface area contributed by atoms with Crippen LogP contribution < -0.4 is 5.11 Å². The van der Waals surface area contributed by atoms with Gasteiger partial charge in [0.05, 0.1) is 19.0 Å². The first-order valence-electron chi connectivity index (χ1n) is 4.70. The lowest BCUT2D eigenvalue weighted by Gasteiger charge is -2.25. The van der Waals surface area contributed by atoms with Crippen molar-refractivity contribution in [2.45, 2.75) is 25.7 Å². The van der Waals surface area contributed by atoms with Crippen molar-refractivity contribution in [1.82, 2.24) is 0 Å². The summed E-state index contributed by atoms with van der Waals surface area (Å²) in [5.41, 5.74) is 0.785. The lowest BCUT2D eigenvalue weighted by molar-refractivity contribution is -0.355. The van der Waals surface area contributed by atoms with Crippen molar-refractivity contribution >= 4 is 5.97 Å². The van der Waals surface area contributed by atoms with Crippen molar-refractivity contribution in [3.63, 3.8) is 0 Å². The maximum atomic E-state index is 11.2. The summed E-state index contributed by atoms with van der Waals surface area (Å²) in [6.45, 7) is 0. The van der Waals surface area contributed by atoms with Gasteiger partial charge in [-0.05, 0) is 38.4 Å². The molecule has 0 aromatic rings. The molecule has 0 aliphatic heterocycles. The third-order valence-electron chi connectivity index (χ3n) is 2.60. The largest absolute Gasteiger partial charge is 0.617 e. The highest BCUT2D eigenvalue weighted by Crippen LogP contribution is 2.29. The molecule has 0 aromatic heterocycles. The summed E-state index contributed by atoms with van der Waals surface area (Å²) in [5.74, 6) is -0.462. The number of ether oxygens (including phenoxy) is 2. The molecule has 4 heteroatoms. The van der Waals surface area contributed by atoms with Gasteiger partial charge in [0.15, 0.2) is 0 Å². The molecule has 0 saturated heterocycles. The maximum Gasteiger partial charge on any atom is 0.308 e. The number of hydrogen-bond donors (Lipinski definition) is 0. The van der Waals surface area contributed by atoms with E-state index >= 15 is 0 Å². The summed E-state index contributed by atoms with van der Waals surface area (Å²) in [4.78, 5) is 11.2. The molecule has 0 radical (unpaired) electrons. The molecule has 80 valence electrons. The van der Waals surface area contributed by atoms with Crippen LogP contribution in [0, 0.1) is 5.92 Å². The molecule has 0 spiro atoms. The quantitative estimate of drug-likeness (QED) is 0.482. The van der Waals surface area contributed by atoms with Crippen molar-refractivity contribution < 1.29 is 19.4 Å². The molecule has 0 atom stereocenters. The Morgan fingerprint density at radius 1 is 1.29 bits per heavy atom. The van der Waals surface area contributed by atoms with E-state index in [4.69, 9.17) is 0 Å². The molecular formula is C10H15O4-. The third kappa shape index (κ3) is 2.40. The fourth-order valence-electron chi connectivity index (χ4n) is 1.72. The van der Waals surface area contributed by atoms with Crippen LogP contribution in [0.5, 0.6) is 0 Å². The minimum atomic E-state index is -0.242. The van der Waals surface area contributed by atoms with Gasteiger partial charge >= 0.3 is 5.97 Å². The summed E-state index contributed by atoms with van der Waals surface area (Å²) in [6.07, 6.45) is 2.67. The maximum absolute atomic E-state index is 11.2. The Morgan fingerprint density at radius 3 is 2.29 bits per heavy atom. The molecule has 1 fully saturated rings. The van der Waals surface area contributed by atoms with E-state index < -0.39 is 0 Å². The molecule has 1 saturated carbocycles. The lowest BCUT2D eigenvalue weighted by Crippen LogP contribution is -2.22. The summed E-state index contributed by atoms with van der Waals surface area (Å²) in [7, 11) is 2.77. The zero-order chi connectivity index (χ0) is 10.6. The highest BCUT2D eigenvalue weighted by atomic mass is 16.6. The number of hydrogen-bond acceptors (Lipinski definition) is 4. The molecule has 0 aromatic carbocycles. The molecule has 1 aliphatic rings. The standard InChI is InChI=1S/C10H16O4/c1-13-9(11)7-3-5-8(6-4-7)10(12)14-2/h7,12H,3-6H2,1-2H3/p-1. The predicted molar refractivity (Wildman–Crippen MR) is 48.0 cm³/mol. The Balaban J connectivity index is 2.50. The first-order valence-corrected chi connectivity index (χ1v) is 4.70. The molecule has 14 heavy (non-hydrogen) atoms. The van der Waals surface area contributed by atoms with Gasteiger partial charge in [-0.3, -0.25) is 4.79 Å². The normalized spacial score (nSPS) is 21.6. The predicted octanol–water partition coefficient (Wildman–Crippen LogP) is 0.568. The van der Waals surface area contributed by atoms with Crippen LogP contribution in [-0.2, 0) is 14.3 Å². The molecule has 0 N–H and O–H groups in total. The minimum absolute atomic E-state index is 0.0478. The van der Waals surface area contributed by atoms with Gasteiger partial charge in [-0.15, -0.1) is 0 Å². The molecule has 0 unspecified atom stereocenters. The number of carbonyl (C=O) groups is 1. The second-order valence-corrected chi connectivity index (χ2v) is 3.39. The van der Waals surface area contributed by atoms with Gasteiger partial charge < -0.3 is 14.6 Å². The van der Waals surface area contributed by atoms with Crippen molar-refractivity contribution in [3.05, 3.63) is 11.5 Å². The first-order chi connectivity index (χ1) is 6.69. The number of rotatable bonds is 2.